The molecule has 7 nitrogen and oxygen atoms in total. The Morgan fingerprint density at radius 2 is 1.81 bits per heavy atom. The summed E-state index contributed by atoms with van der Waals surface area (Å²) in [5.41, 5.74) is -0.244. The molecule has 1 saturated heterocycles. The minimum atomic E-state index is -1.15. The minimum Gasteiger partial charge on any atom is -0.464 e. The first kappa shape index (κ1) is 21.1. The van der Waals surface area contributed by atoms with Crippen LogP contribution in [-0.2, 0) is 25.5 Å². The molecule has 0 N–H and O–H groups in total. The van der Waals surface area contributed by atoms with Gasteiger partial charge >= 0.3 is 13.1 Å². The third-order valence-corrected chi connectivity index (χ3v) is 6.60. The van der Waals surface area contributed by atoms with Crippen molar-refractivity contribution in [3.05, 3.63) is 11.9 Å². The van der Waals surface area contributed by atoms with Gasteiger partial charge < -0.3 is 18.8 Å². The molecule has 1 fully saturated rings. The molecule has 0 spiro atoms. The number of nitrogens with zero attached hydrogens (tertiary/aromatic N) is 2. The highest BCUT2D eigenvalue weighted by molar-refractivity contribution is 6.76. The molecule has 0 radical (unpaired) electrons. The lowest BCUT2D eigenvalue weighted by Gasteiger charge is -2.32. The molecule has 0 saturated carbocycles. The van der Waals surface area contributed by atoms with Crippen LogP contribution in [0.1, 0.15) is 38.2 Å². The molecular weight excluding hydrogens is 351 g/mol. The van der Waals surface area contributed by atoms with E-state index in [1.807, 2.05) is 27.7 Å². The Hall–Kier alpha value is -1.16. The van der Waals surface area contributed by atoms with E-state index in [1.165, 1.54) is 7.11 Å². The molecule has 2 rings (SSSR count). The van der Waals surface area contributed by atoms with Gasteiger partial charge in [0.1, 0.15) is 6.73 Å². The smallest absolute Gasteiger partial charge is 0.464 e. The molecule has 0 bridgehead atoms. The molecule has 26 heavy (non-hydrogen) atoms. The summed E-state index contributed by atoms with van der Waals surface area (Å²) in [6, 6.07) is 1.07. The second-order valence-corrected chi connectivity index (χ2v) is 14.5. The highest BCUT2D eigenvalue weighted by Crippen LogP contribution is 2.36. The van der Waals surface area contributed by atoms with Crippen LogP contribution in [-0.4, -0.2) is 55.9 Å². The normalized spacial score (nSPS) is 19.0. The summed E-state index contributed by atoms with van der Waals surface area (Å²) >= 11 is 0. The van der Waals surface area contributed by atoms with E-state index in [1.54, 1.807) is 10.9 Å². The van der Waals surface area contributed by atoms with Crippen LogP contribution in [0.4, 0.5) is 0 Å². The van der Waals surface area contributed by atoms with Crippen LogP contribution in [0.5, 0.6) is 0 Å². The van der Waals surface area contributed by atoms with Gasteiger partial charge in [-0.3, -0.25) is 0 Å². The van der Waals surface area contributed by atoms with Gasteiger partial charge in [-0.2, -0.15) is 5.10 Å². The van der Waals surface area contributed by atoms with Crippen molar-refractivity contribution in [2.24, 2.45) is 0 Å². The highest BCUT2D eigenvalue weighted by atomic mass is 28.3. The monoisotopic (exact) mass is 382 g/mol. The number of rotatable bonds is 7. The fraction of sp³-hybridized carbons (Fsp3) is 0.765. The maximum atomic E-state index is 12.1. The number of ether oxygens (including phenoxy) is 2. The summed E-state index contributed by atoms with van der Waals surface area (Å²) in [6.07, 6.45) is 1.74. The Morgan fingerprint density at radius 3 is 2.31 bits per heavy atom. The van der Waals surface area contributed by atoms with Crippen molar-refractivity contribution in [2.75, 3.05) is 13.7 Å². The average Bonchev–Trinajstić information content (AvgIpc) is 3.01. The van der Waals surface area contributed by atoms with Gasteiger partial charge in [-0.05, 0) is 33.7 Å². The van der Waals surface area contributed by atoms with Crippen LogP contribution in [0.25, 0.3) is 0 Å². The summed E-state index contributed by atoms with van der Waals surface area (Å²) in [5, 5.41) is 4.32. The first-order valence-corrected chi connectivity index (χ1v) is 12.7. The van der Waals surface area contributed by atoms with Crippen LogP contribution >= 0.6 is 0 Å². The maximum Gasteiger partial charge on any atom is 0.498 e. The van der Waals surface area contributed by atoms with Crippen molar-refractivity contribution < 1.29 is 23.6 Å². The molecule has 1 aromatic rings. The molecule has 2 heterocycles. The van der Waals surface area contributed by atoms with E-state index >= 15 is 0 Å². The number of carbonyl (C=O) groups is 1. The van der Waals surface area contributed by atoms with Crippen molar-refractivity contribution in [2.45, 2.75) is 71.3 Å². The predicted molar refractivity (Wildman–Crippen MR) is 103 cm³/mol. The zero-order valence-corrected chi connectivity index (χ0v) is 18.2. The zero-order valence-electron chi connectivity index (χ0n) is 17.2. The van der Waals surface area contributed by atoms with E-state index in [9.17, 15) is 4.79 Å². The number of hydrogen-bond donors (Lipinski definition) is 0. The van der Waals surface area contributed by atoms with Gasteiger partial charge in [-0.15, -0.1) is 0 Å². The molecule has 1 aliphatic heterocycles. The third-order valence-electron chi connectivity index (χ3n) is 4.90. The molecule has 0 amide bonds. The van der Waals surface area contributed by atoms with Gasteiger partial charge in [-0.25, -0.2) is 9.48 Å². The maximum absolute atomic E-state index is 12.1. The van der Waals surface area contributed by atoms with Crippen molar-refractivity contribution in [3.63, 3.8) is 0 Å². The van der Waals surface area contributed by atoms with Crippen molar-refractivity contribution >= 4 is 26.6 Å². The quantitative estimate of drug-likeness (QED) is 0.409. The molecule has 146 valence electrons. The third kappa shape index (κ3) is 4.76. The van der Waals surface area contributed by atoms with Crippen molar-refractivity contribution in [3.8, 4) is 0 Å². The van der Waals surface area contributed by atoms with E-state index in [0.717, 1.165) is 6.04 Å². The second-order valence-electron chi connectivity index (χ2n) is 8.90. The molecule has 9 heteroatoms. The van der Waals surface area contributed by atoms with Gasteiger partial charge in [0.2, 0.25) is 0 Å². The number of hydrogen-bond acceptors (Lipinski definition) is 6. The SMILES string of the molecule is COC(=O)c1nn(COCC[Si](C)(C)C)cc1B1OC(C)(C)C(C)(C)O1. The lowest BCUT2D eigenvalue weighted by atomic mass is 9.79. The summed E-state index contributed by atoms with van der Waals surface area (Å²) in [7, 11) is -0.490. The summed E-state index contributed by atoms with van der Waals surface area (Å²) < 4.78 is 24.3. The Morgan fingerprint density at radius 1 is 1.23 bits per heavy atom. The highest BCUT2D eigenvalue weighted by Gasteiger charge is 2.53. The Balaban J connectivity index is 2.16. The lowest BCUT2D eigenvalue weighted by molar-refractivity contribution is 0.00578. The van der Waals surface area contributed by atoms with Gasteiger partial charge in [0, 0.05) is 26.3 Å². The first-order chi connectivity index (χ1) is 11.9. The number of methoxy groups -OCH3 is 1. The molecule has 0 aliphatic carbocycles. The molecule has 1 aliphatic rings. The molecule has 0 unspecified atom stereocenters. The fourth-order valence-electron chi connectivity index (χ4n) is 2.44. The summed E-state index contributed by atoms with van der Waals surface area (Å²) in [6.45, 7) is 15.7. The summed E-state index contributed by atoms with van der Waals surface area (Å²) in [5.74, 6) is -0.518. The lowest BCUT2D eigenvalue weighted by Crippen LogP contribution is -2.41. The number of esters is 1. The van der Waals surface area contributed by atoms with Gasteiger partial charge in [-0.1, -0.05) is 19.6 Å². The van der Waals surface area contributed by atoms with Gasteiger partial charge in [0.25, 0.3) is 0 Å². The van der Waals surface area contributed by atoms with Crippen LogP contribution in [0.2, 0.25) is 25.7 Å². The average molecular weight is 382 g/mol. The minimum absolute atomic E-state index is 0.194. The number of aromatic nitrogens is 2. The van der Waals surface area contributed by atoms with Gasteiger partial charge in [0.15, 0.2) is 5.69 Å². The van der Waals surface area contributed by atoms with Crippen LogP contribution < -0.4 is 5.46 Å². The fourth-order valence-corrected chi connectivity index (χ4v) is 3.19. The van der Waals surface area contributed by atoms with Crippen molar-refractivity contribution in [1.29, 1.82) is 0 Å². The second kappa shape index (κ2) is 7.46. The predicted octanol–water partition coefficient (Wildman–Crippen LogP) is 2.28. The van der Waals surface area contributed by atoms with Crippen LogP contribution in [0.15, 0.2) is 6.20 Å². The molecule has 0 atom stereocenters. The van der Waals surface area contributed by atoms with E-state index in [4.69, 9.17) is 18.8 Å². The molecule has 0 aromatic carbocycles. The molecular formula is C17H31BN2O5Si. The number of carbonyl (C=O) groups excluding carboxylic acids is 1. The van der Waals surface area contributed by atoms with Crippen LogP contribution in [0, 0.1) is 0 Å². The molecule has 1 aromatic heterocycles. The van der Waals surface area contributed by atoms with E-state index in [-0.39, 0.29) is 12.4 Å². The topological polar surface area (TPSA) is 71.8 Å². The standard InChI is InChI=1S/C17H31BN2O5Si/c1-16(2)17(3,4)25-18(24-16)13-11-20(19-14(13)15(21)22-5)12-23-9-10-26(6,7)8/h11H,9-10,12H2,1-8H3. The van der Waals surface area contributed by atoms with E-state index in [0.29, 0.717) is 12.1 Å². The Kier molecular flexibility index (Phi) is 6.07. The summed E-state index contributed by atoms with van der Waals surface area (Å²) in [4.78, 5) is 12.1. The van der Waals surface area contributed by atoms with E-state index < -0.39 is 32.4 Å². The first-order valence-electron chi connectivity index (χ1n) is 8.95. The largest absolute Gasteiger partial charge is 0.498 e. The van der Waals surface area contributed by atoms with E-state index in [2.05, 4.69) is 24.7 Å². The Labute approximate surface area is 157 Å². The van der Waals surface area contributed by atoms with Crippen molar-refractivity contribution in [1.82, 2.24) is 9.78 Å². The Bertz CT molecular complexity index is 638. The van der Waals surface area contributed by atoms with Gasteiger partial charge in [0.05, 0.1) is 18.3 Å². The van der Waals surface area contributed by atoms with Crippen LogP contribution in [0.3, 0.4) is 0 Å². The zero-order chi connectivity index (χ0) is 19.8.